The van der Waals surface area contributed by atoms with Gasteiger partial charge in [0.2, 0.25) is 12.6 Å². The van der Waals surface area contributed by atoms with Gasteiger partial charge in [-0.15, -0.1) is 0 Å². The maximum absolute atomic E-state index is 13.8. The van der Waals surface area contributed by atoms with Gasteiger partial charge >= 0.3 is 11.9 Å². The maximum atomic E-state index is 13.8. The summed E-state index contributed by atoms with van der Waals surface area (Å²) in [5.41, 5.74) is -1.23. The standard InChI is InChI=1S/C31H49BrO7/c1-15(2)20-11-9-18(7)13-22(20)36-26-24-30(31(24,32)29(34)38-26)25(35-17(5)6)27(39-28(30)33)37-23-14-19(8)10-12-21(23)16(3)4/h15-27H,9-14H2,1-8H3/t18-,19-,20+,21+,22-,23-,24-,25+,26-,27-,30-,31-/m1/s1. The highest BCUT2D eigenvalue weighted by Gasteiger charge is 2.97. The second kappa shape index (κ2) is 10.9. The average molecular weight is 614 g/mol. The Morgan fingerprint density at radius 2 is 1.26 bits per heavy atom. The van der Waals surface area contributed by atoms with Gasteiger partial charge in [0.25, 0.3) is 0 Å². The molecule has 222 valence electrons. The summed E-state index contributed by atoms with van der Waals surface area (Å²) >= 11 is 3.70. The Bertz CT molecular complexity index is 938. The molecule has 5 aliphatic rings. The molecule has 0 amide bonds. The van der Waals surface area contributed by atoms with Crippen LogP contribution in [0.5, 0.6) is 0 Å². The van der Waals surface area contributed by atoms with Crippen molar-refractivity contribution in [3.05, 3.63) is 0 Å². The van der Waals surface area contributed by atoms with Gasteiger partial charge in [-0.25, -0.2) is 0 Å². The van der Waals surface area contributed by atoms with E-state index in [0.717, 1.165) is 25.7 Å². The summed E-state index contributed by atoms with van der Waals surface area (Å²) in [6.45, 7) is 17.3. The molecule has 0 aromatic carbocycles. The minimum absolute atomic E-state index is 0.0245. The molecule has 0 aromatic rings. The smallest absolute Gasteiger partial charge is 0.327 e. The molecule has 0 unspecified atom stereocenters. The lowest BCUT2D eigenvalue weighted by atomic mass is 9.75. The van der Waals surface area contributed by atoms with Gasteiger partial charge in [-0.3, -0.25) is 9.59 Å². The molecule has 5 rings (SSSR count). The van der Waals surface area contributed by atoms with Crippen molar-refractivity contribution in [2.75, 3.05) is 0 Å². The van der Waals surface area contributed by atoms with Crippen molar-refractivity contribution in [3.63, 3.8) is 0 Å². The zero-order valence-electron chi connectivity index (χ0n) is 25.0. The highest BCUT2D eigenvalue weighted by atomic mass is 79.9. The van der Waals surface area contributed by atoms with Crippen molar-refractivity contribution < 1.29 is 33.3 Å². The van der Waals surface area contributed by atoms with Crippen LogP contribution in [0.2, 0.25) is 0 Å². The van der Waals surface area contributed by atoms with E-state index in [-0.39, 0.29) is 18.3 Å². The number of carbonyl (C=O) groups is 2. The molecule has 0 bridgehead atoms. The van der Waals surface area contributed by atoms with Crippen molar-refractivity contribution >= 4 is 27.9 Å². The molecular formula is C31H49BrO7. The summed E-state index contributed by atoms with van der Waals surface area (Å²) in [5.74, 6) is 1.32. The van der Waals surface area contributed by atoms with Crippen LogP contribution >= 0.6 is 15.9 Å². The van der Waals surface area contributed by atoms with Gasteiger partial charge in [-0.2, -0.15) is 0 Å². The van der Waals surface area contributed by atoms with Crippen LogP contribution in [0.15, 0.2) is 0 Å². The van der Waals surface area contributed by atoms with E-state index < -0.39 is 46.3 Å². The van der Waals surface area contributed by atoms with Crippen LogP contribution in [0.3, 0.4) is 0 Å². The van der Waals surface area contributed by atoms with Crippen LogP contribution in [0.4, 0.5) is 0 Å². The first-order valence-electron chi connectivity index (χ1n) is 15.4. The molecule has 3 saturated carbocycles. The van der Waals surface area contributed by atoms with E-state index in [1.165, 1.54) is 12.8 Å². The van der Waals surface area contributed by atoms with Gasteiger partial charge in [-0.1, -0.05) is 70.3 Å². The van der Waals surface area contributed by atoms with Gasteiger partial charge in [0, 0.05) is 0 Å². The van der Waals surface area contributed by atoms with E-state index >= 15 is 0 Å². The second-order valence-electron chi connectivity index (χ2n) is 14.2. The molecule has 8 heteroatoms. The number of rotatable bonds is 8. The van der Waals surface area contributed by atoms with Gasteiger partial charge in [-0.05, 0) is 75.0 Å². The average Bonchev–Trinajstić information content (AvgIpc) is 3.20. The zero-order chi connectivity index (χ0) is 28.4. The van der Waals surface area contributed by atoms with E-state index in [9.17, 15) is 9.59 Å². The third kappa shape index (κ3) is 4.81. The number of hydrogen-bond acceptors (Lipinski definition) is 7. The summed E-state index contributed by atoms with van der Waals surface area (Å²) in [5, 5.41) is 0. The maximum Gasteiger partial charge on any atom is 0.327 e. The number of halogens is 1. The number of alkyl halides is 1. The molecule has 0 radical (unpaired) electrons. The summed E-state index contributed by atoms with van der Waals surface area (Å²) in [7, 11) is 0. The largest absolute Gasteiger partial charge is 0.434 e. The molecule has 39 heavy (non-hydrogen) atoms. The van der Waals surface area contributed by atoms with E-state index in [4.69, 9.17) is 23.7 Å². The molecular weight excluding hydrogens is 564 g/mol. The second-order valence-corrected chi connectivity index (χ2v) is 15.5. The van der Waals surface area contributed by atoms with E-state index in [1.807, 2.05) is 13.8 Å². The van der Waals surface area contributed by atoms with Crippen LogP contribution < -0.4 is 0 Å². The van der Waals surface area contributed by atoms with Crippen LogP contribution in [-0.2, 0) is 33.3 Å². The molecule has 2 aliphatic heterocycles. The number of carbonyl (C=O) groups excluding carboxylic acids is 2. The molecule has 5 fully saturated rings. The number of fused-ring (bicyclic) bond motifs is 3. The van der Waals surface area contributed by atoms with Crippen molar-refractivity contribution in [2.24, 2.45) is 46.8 Å². The Morgan fingerprint density at radius 3 is 1.74 bits per heavy atom. The van der Waals surface area contributed by atoms with Crippen LogP contribution in [0.1, 0.15) is 93.9 Å². The lowest BCUT2D eigenvalue weighted by molar-refractivity contribution is -0.223. The molecule has 12 atom stereocenters. The normalized spacial score (nSPS) is 47.7. The van der Waals surface area contributed by atoms with Crippen LogP contribution in [-0.4, -0.2) is 53.3 Å². The Balaban J connectivity index is 1.42. The van der Waals surface area contributed by atoms with Crippen LogP contribution in [0, 0.1) is 46.8 Å². The highest BCUT2D eigenvalue weighted by Crippen LogP contribution is 2.78. The lowest BCUT2D eigenvalue weighted by Crippen LogP contribution is -2.46. The molecule has 0 N–H and O–H groups in total. The predicted molar refractivity (Wildman–Crippen MR) is 150 cm³/mol. The molecule has 7 nitrogen and oxygen atoms in total. The minimum Gasteiger partial charge on any atom is -0.434 e. The van der Waals surface area contributed by atoms with Gasteiger partial charge in [0.05, 0.1) is 24.2 Å². The molecule has 1 spiro atoms. The van der Waals surface area contributed by atoms with Crippen molar-refractivity contribution in [3.8, 4) is 0 Å². The monoisotopic (exact) mass is 612 g/mol. The highest BCUT2D eigenvalue weighted by molar-refractivity contribution is 9.10. The minimum atomic E-state index is -1.23. The Morgan fingerprint density at radius 1 is 0.769 bits per heavy atom. The summed E-state index contributed by atoms with van der Waals surface area (Å²) in [6.07, 6.45) is 3.72. The van der Waals surface area contributed by atoms with E-state index in [1.54, 1.807) is 0 Å². The fourth-order valence-electron chi connectivity index (χ4n) is 8.26. The van der Waals surface area contributed by atoms with Crippen molar-refractivity contribution in [1.29, 1.82) is 0 Å². The van der Waals surface area contributed by atoms with Crippen LogP contribution in [0.25, 0.3) is 0 Å². The SMILES string of the molecule is CC(C)O[C@H]1[C@H](O[C@@H]2C[C@H](C)CC[C@H]2C(C)C)OC(=O)[C@@]12[C@H]1[C@H](O[C@@H]3C[C@H](C)CC[C@H]3C(C)C)OC(=O)[C@]12Br. The van der Waals surface area contributed by atoms with Gasteiger partial charge in [0.1, 0.15) is 11.5 Å². The third-order valence-corrected chi connectivity index (χ3v) is 11.9. The van der Waals surface area contributed by atoms with E-state index in [0.29, 0.717) is 35.5 Å². The molecule has 2 heterocycles. The summed E-state index contributed by atoms with van der Waals surface area (Å²) in [4.78, 5) is 27.3. The molecule has 3 aliphatic carbocycles. The van der Waals surface area contributed by atoms with Gasteiger partial charge in [0.15, 0.2) is 4.32 Å². The number of ether oxygens (including phenoxy) is 5. The van der Waals surface area contributed by atoms with Crippen molar-refractivity contribution in [2.45, 2.75) is 135 Å². The first-order chi connectivity index (χ1) is 18.3. The number of esters is 2. The fraction of sp³-hybridized carbons (Fsp3) is 0.935. The third-order valence-electron chi connectivity index (χ3n) is 10.4. The van der Waals surface area contributed by atoms with Gasteiger partial charge < -0.3 is 23.7 Å². The number of hydrogen-bond donors (Lipinski definition) is 0. The molecule has 0 aromatic heterocycles. The Hall–Kier alpha value is -0.700. The summed E-state index contributed by atoms with van der Waals surface area (Å²) in [6, 6.07) is 0. The first kappa shape index (κ1) is 29.8. The first-order valence-corrected chi connectivity index (χ1v) is 16.2. The fourth-order valence-corrected chi connectivity index (χ4v) is 9.45. The Labute approximate surface area is 242 Å². The van der Waals surface area contributed by atoms with E-state index in [2.05, 4.69) is 57.5 Å². The summed E-state index contributed by atoms with van der Waals surface area (Å²) < 4.78 is 30.3. The topological polar surface area (TPSA) is 80.3 Å². The lowest BCUT2D eigenvalue weighted by Gasteiger charge is -2.39. The Kier molecular flexibility index (Phi) is 8.29. The quantitative estimate of drug-likeness (QED) is 0.237. The predicted octanol–water partition coefficient (Wildman–Crippen LogP) is 6.25. The molecule has 2 saturated heterocycles. The van der Waals surface area contributed by atoms with Crippen molar-refractivity contribution in [1.82, 2.24) is 0 Å². The number of cyclic esters (lactones) is 2. The zero-order valence-corrected chi connectivity index (χ0v) is 26.6.